The van der Waals surface area contributed by atoms with E-state index < -0.39 is 0 Å². The Morgan fingerprint density at radius 1 is 0.367 bits per heavy atom. The van der Waals surface area contributed by atoms with Crippen molar-refractivity contribution in [3.63, 3.8) is 0 Å². The van der Waals surface area contributed by atoms with Crippen LogP contribution in [-0.4, -0.2) is 0 Å². The second-order valence-electron chi connectivity index (χ2n) is 12.9. The zero-order chi connectivity index (χ0) is 32.1. The molecule has 0 saturated heterocycles. The van der Waals surface area contributed by atoms with E-state index in [1.807, 2.05) is 11.3 Å². The van der Waals surface area contributed by atoms with Crippen LogP contribution in [0.25, 0.3) is 85.2 Å². The third kappa shape index (κ3) is 3.88. The standard InChI is InChI=1S/C46H27NOS/c1-2-13-30-28(11-1)12-9-20-41(30)47(42-21-10-19-37-36-18-7-8-22-45(36)49-46(37)42)29-23-24-35-40-26-38-33-16-5-3-14-31(33)32-15-4-6-17-34(32)39(38)27-44(40)48-43(35)25-29/h1-27H. The highest BCUT2D eigenvalue weighted by Gasteiger charge is 2.21. The van der Waals surface area contributed by atoms with E-state index in [1.165, 1.54) is 63.3 Å². The Morgan fingerprint density at radius 2 is 0.939 bits per heavy atom. The summed E-state index contributed by atoms with van der Waals surface area (Å²) in [6.07, 6.45) is 0. The fraction of sp³-hybridized carbons (Fsp3) is 0. The van der Waals surface area contributed by atoms with Crippen LogP contribution in [0.1, 0.15) is 0 Å². The van der Waals surface area contributed by atoms with Crippen LogP contribution in [0.5, 0.6) is 0 Å². The molecule has 0 amide bonds. The molecule has 228 valence electrons. The molecule has 11 rings (SSSR count). The first kappa shape index (κ1) is 26.9. The van der Waals surface area contributed by atoms with Crippen LogP contribution in [0.2, 0.25) is 0 Å². The number of rotatable bonds is 3. The molecule has 0 atom stereocenters. The molecular weight excluding hydrogens is 615 g/mol. The fourth-order valence-corrected chi connectivity index (χ4v) is 9.23. The number of furan rings is 1. The molecule has 2 heterocycles. The summed E-state index contributed by atoms with van der Waals surface area (Å²) in [7, 11) is 0. The average molecular weight is 642 g/mol. The van der Waals surface area contributed by atoms with Crippen LogP contribution in [0.3, 0.4) is 0 Å². The maximum Gasteiger partial charge on any atom is 0.137 e. The lowest BCUT2D eigenvalue weighted by atomic mass is 9.93. The van der Waals surface area contributed by atoms with E-state index in [0.29, 0.717) is 0 Å². The second-order valence-corrected chi connectivity index (χ2v) is 13.9. The minimum absolute atomic E-state index is 0.880. The number of anilines is 3. The van der Waals surface area contributed by atoms with Gasteiger partial charge in [-0.3, -0.25) is 0 Å². The molecule has 0 bridgehead atoms. The quantitative estimate of drug-likeness (QED) is 0.179. The first-order chi connectivity index (χ1) is 24.3. The molecule has 0 N–H and O–H groups in total. The van der Waals surface area contributed by atoms with Gasteiger partial charge in [-0.1, -0.05) is 115 Å². The predicted octanol–water partition coefficient (Wildman–Crippen LogP) is 14.0. The lowest BCUT2D eigenvalue weighted by Gasteiger charge is -2.27. The molecule has 0 fully saturated rings. The summed E-state index contributed by atoms with van der Waals surface area (Å²) < 4.78 is 9.35. The van der Waals surface area contributed by atoms with E-state index in [1.54, 1.807) is 0 Å². The molecular formula is C46H27NOS. The van der Waals surface area contributed by atoms with Gasteiger partial charge < -0.3 is 9.32 Å². The Balaban J connectivity index is 1.19. The predicted molar refractivity (Wildman–Crippen MR) is 211 cm³/mol. The van der Waals surface area contributed by atoms with Gasteiger partial charge in [0.15, 0.2) is 0 Å². The Hall–Kier alpha value is -6.16. The van der Waals surface area contributed by atoms with Gasteiger partial charge in [-0.25, -0.2) is 0 Å². The van der Waals surface area contributed by atoms with Crippen LogP contribution in [0.15, 0.2) is 168 Å². The van der Waals surface area contributed by atoms with Crippen molar-refractivity contribution in [2.75, 3.05) is 4.90 Å². The molecule has 9 aromatic carbocycles. The Bertz CT molecular complexity index is 3120. The Morgan fingerprint density at radius 3 is 1.73 bits per heavy atom. The van der Waals surface area contributed by atoms with Crippen molar-refractivity contribution in [2.24, 2.45) is 0 Å². The summed E-state index contributed by atoms with van der Waals surface area (Å²) >= 11 is 1.86. The molecule has 0 aliphatic heterocycles. The molecule has 49 heavy (non-hydrogen) atoms. The van der Waals surface area contributed by atoms with Crippen molar-refractivity contribution in [1.82, 2.24) is 0 Å². The first-order valence-corrected chi connectivity index (χ1v) is 17.5. The van der Waals surface area contributed by atoms with Gasteiger partial charge >= 0.3 is 0 Å². The van der Waals surface area contributed by atoms with Crippen molar-refractivity contribution >= 4 is 114 Å². The molecule has 2 nitrogen and oxygen atoms in total. The first-order valence-electron chi connectivity index (χ1n) is 16.7. The maximum absolute atomic E-state index is 6.78. The van der Waals surface area contributed by atoms with E-state index in [0.717, 1.165) is 39.0 Å². The van der Waals surface area contributed by atoms with E-state index in [-0.39, 0.29) is 0 Å². The summed E-state index contributed by atoms with van der Waals surface area (Å²) in [6.45, 7) is 0. The van der Waals surface area contributed by atoms with Gasteiger partial charge in [-0.05, 0) is 80.2 Å². The SMILES string of the molecule is c1ccc2c(N(c3ccc4c(c3)oc3cc5c6ccccc6c6ccccc6c5cc34)c3cccc4c3sc3ccccc34)cccc2c1. The molecule has 3 heteroatoms. The van der Waals surface area contributed by atoms with Crippen LogP contribution in [0.4, 0.5) is 17.1 Å². The van der Waals surface area contributed by atoms with Crippen LogP contribution in [0, 0.1) is 0 Å². The third-order valence-electron chi connectivity index (χ3n) is 10.2. The van der Waals surface area contributed by atoms with Gasteiger partial charge in [0.05, 0.1) is 16.1 Å². The minimum Gasteiger partial charge on any atom is -0.456 e. The van der Waals surface area contributed by atoms with Crippen molar-refractivity contribution in [2.45, 2.75) is 0 Å². The van der Waals surface area contributed by atoms with Gasteiger partial charge in [0.1, 0.15) is 11.2 Å². The fourth-order valence-electron chi connectivity index (χ4n) is 8.02. The van der Waals surface area contributed by atoms with E-state index in [4.69, 9.17) is 4.42 Å². The topological polar surface area (TPSA) is 16.4 Å². The monoisotopic (exact) mass is 641 g/mol. The van der Waals surface area contributed by atoms with Crippen molar-refractivity contribution in [3.8, 4) is 0 Å². The molecule has 2 aromatic heterocycles. The largest absolute Gasteiger partial charge is 0.456 e. The second kappa shape index (κ2) is 10.2. The zero-order valence-electron chi connectivity index (χ0n) is 26.4. The summed E-state index contributed by atoms with van der Waals surface area (Å²) in [4.78, 5) is 2.42. The van der Waals surface area contributed by atoms with Crippen molar-refractivity contribution in [3.05, 3.63) is 164 Å². The van der Waals surface area contributed by atoms with E-state index in [9.17, 15) is 0 Å². The van der Waals surface area contributed by atoms with Crippen molar-refractivity contribution < 1.29 is 4.42 Å². The summed E-state index contributed by atoms with van der Waals surface area (Å²) in [5.41, 5.74) is 5.15. The molecule has 0 aliphatic rings. The molecule has 0 radical (unpaired) electrons. The lowest BCUT2D eigenvalue weighted by molar-refractivity contribution is 0.669. The number of fused-ring (bicyclic) bond motifs is 13. The lowest BCUT2D eigenvalue weighted by Crippen LogP contribution is -2.10. The van der Waals surface area contributed by atoms with Crippen LogP contribution < -0.4 is 4.90 Å². The third-order valence-corrected chi connectivity index (χ3v) is 11.4. The highest BCUT2D eigenvalue weighted by atomic mass is 32.1. The van der Waals surface area contributed by atoms with Gasteiger partial charge in [0, 0.05) is 43.4 Å². The van der Waals surface area contributed by atoms with Crippen LogP contribution in [-0.2, 0) is 0 Å². The van der Waals surface area contributed by atoms with E-state index >= 15 is 0 Å². The summed E-state index contributed by atoms with van der Waals surface area (Å²) in [5, 5.41) is 14.8. The van der Waals surface area contributed by atoms with Crippen molar-refractivity contribution in [1.29, 1.82) is 0 Å². The number of thiophene rings is 1. The summed E-state index contributed by atoms with van der Waals surface area (Å²) in [5.74, 6) is 0. The normalized spacial score (nSPS) is 12.1. The van der Waals surface area contributed by atoms with Crippen LogP contribution >= 0.6 is 11.3 Å². The number of benzene rings is 9. The summed E-state index contributed by atoms with van der Waals surface area (Å²) in [6, 6.07) is 59.4. The average Bonchev–Trinajstić information content (AvgIpc) is 3.72. The Labute approximate surface area is 285 Å². The molecule has 0 aliphatic carbocycles. The Kier molecular flexibility index (Phi) is 5.57. The molecule has 0 saturated carbocycles. The molecule has 0 unspecified atom stereocenters. The van der Waals surface area contributed by atoms with Gasteiger partial charge in [-0.15, -0.1) is 11.3 Å². The number of hydrogen-bond donors (Lipinski definition) is 0. The molecule has 11 aromatic rings. The van der Waals surface area contributed by atoms with Gasteiger partial charge in [0.2, 0.25) is 0 Å². The maximum atomic E-state index is 6.78. The smallest absolute Gasteiger partial charge is 0.137 e. The number of nitrogens with zero attached hydrogens (tertiary/aromatic N) is 1. The molecule has 0 spiro atoms. The highest BCUT2D eigenvalue weighted by Crippen LogP contribution is 2.47. The zero-order valence-corrected chi connectivity index (χ0v) is 27.2. The van der Waals surface area contributed by atoms with E-state index in [2.05, 4.69) is 169 Å². The van der Waals surface area contributed by atoms with Gasteiger partial charge in [0.25, 0.3) is 0 Å². The highest BCUT2D eigenvalue weighted by molar-refractivity contribution is 7.26. The minimum atomic E-state index is 0.880. The van der Waals surface area contributed by atoms with Gasteiger partial charge in [-0.2, -0.15) is 0 Å². The number of hydrogen-bond acceptors (Lipinski definition) is 3.